The summed E-state index contributed by atoms with van der Waals surface area (Å²) in [6.45, 7) is 5.55. The third-order valence-corrected chi connectivity index (χ3v) is 4.55. The molecule has 1 aliphatic rings. The normalized spacial score (nSPS) is 16.7. The van der Waals surface area contributed by atoms with Crippen molar-refractivity contribution >= 4 is 34.5 Å². The van der Waals surface area contributed by atoms with Crippen LogP contribution in [-0.2, 0) is 0 Å². The summed E-state index contributed by atoms with van der Waals surface area (Å²) in [6.07, 6.45) is 2.61. The van der Waals surface area contributed by atoms with Gasteiger partial charge in [0.05, 0.1) is 10.7 Å². The van der Waals surface area contributed by atoms with Gasteiger partial charge in [0.15, 0.2) is 0 Å². The molecule has 1 aliphatic carbocycles. The fourth-order valence-electron chi connectivity index (χ4n) is 2.20. The van der Waals surface area contributed by atoms with Crippen molar-refractivity contribution in [2.24, 2.45) is 17.1 Å². The summed E-state index contributed by atoms with van der Waals surface area (Å²) in [5.41, 5.74) is 7.81. The van der Waals surface area contributed by atoms with Gasteiger partial charge in [0, 0.05) is 12.1 Å². The topological polar surface area (TPSA) is 38.0 Å². The molecule has 0 aromatic heterocycles. The molecular formula is C14H19ClN2S. The van der Waals surface area contributed by atoms with Crippen LogP contribution in [-0.4, -0.2) is 11.5 Å². The Morgan fingerprint density at radius 2 is 2.17 bits per heavy atom. The Kier molecular flexibility index (Phi) is 3.83. The minimum Gasteiger partial charge on any atom is -0.389 e. The van der Waals surface area contributed by atoms with Gasteiger partial charge in [0.2, 0.25) is 0 Å². The van der Waals surface area contributed by atoms with Crippen molar-refractivity contribution in [3.63, 3.8) is 0 Å². The average Bonchev–Trinajstić information content (AvgIpc) is 3.08. The van der Waals surface area contributed by atoms with Gasteiger partial charge in [-0.3, -0.25) is 0 Å². The number of nitrogens with two attached hydrogens (primary N) is 1. The van der Waals surface area contributed by atoms with Gasteiger partial charge in [-0.05, 0) is 42.4 Å². The molecule has 0 spiro atoms. The molecular weight excluding hydrogens is 264 g/mol. The largest absolute Gasteiger partial charge is 0.389 e. The van der Waals surface area contributed by atoms with E-state index in [0.717, 1.165) is 17.8 Å². The number of anilines is 1. The predicted octanol–water partition coefficient (Wildman–Crippen LogP) is 3.82. The molecule has 0 bridgehead atoms. The van der Waals surface area contributed by atoms with Gasteiger partial charge in [0.1, 0.15) is 4.99 Å². The Balaban J connectivity index is 2.04. The summed E-state index contributed by atoms with van der Waals surface area (Å²) in [7, 11) is 0. The minimum absolute atomic E-state index is 0.379. The Bertz CT molecular complexity index is 467. The average molecular weight is 283 g/mol. The van der Waals surface area contributed by atoms with E-state index in [-0.39, 0.29) is 0 Å². The first kappa shape index (κ1) is 13.6. The predicted molar refractivity (Wildman–Crippen MR) is 82.3 cm³/mol. The van der Waals surface area contributed by atoms with E-state index in [2.05, 4.69) is 19.2 Å². The summed E-state index contributed by atoms with van der Waals surface area (Å²) in [5, 5.41) is 4.13. The van der Waals surface area contributed by atoms with Gasteiger partial charge in [-0.25, -0.2) is 0 Å². The molecule has 1 aromatic rings. The van der Waals surface area contributed by atoms with Gasteiger partial charge in [0.25, 0.3) is 0 Å². The lowest BCUT2D eigenvalue weighted by atomic mass is 9.92. The standard InChI is InChI=1S/C14H19ClN2S/c1-9(2)14(5-6-14)8-17-12-4-3-10(13(16)18)7-11(12)15/h3-4,7,9,17H,5-6,8H2,1-2H3,(H2,16,18). The van der Waals surface area contributed by atoms with Gasteiger partial charge in [-0.15, -0.1) is 0 Å². The van der Waals surface area contributed by atoms with Crippen molar-refractivity contribution in [2.75, 3.05) is 11.9 Å². The summed E-state index contributed by atoms with van der Waals surface area (Å²) >= 11 is 11.2. The molecule has 0 atom stereocenters. The molecule has 0 unspecified atom stereocenters. The number of hydrogen-bond acceptors (Lipinski definition) is 2. The third-order valence-electron chi connectivity index (χ3n) is 4.00. The summed E-state index contributed by atoms with van der Waals surface area (Å²) in [6, 6.07) is 5.68. The number of halogens is 1. The molecule has 1 fully saturated rings. The third kappa shape index (κ3) is 2.78. The van der Waals surface area contributed by atoms with Crippen LogP contribution in [0, 0.1) is 11.3 Å². The maximum Gasteiger partial charge on any atom is 0.104 e. The number of hydrogen-bond donors (Lipinski definition) is 2. The lowest BCUT2D eigenvalue weighted by Gasteiger charge is -2.21. The lowest BCUT2D eigenvalue weighted by Crippen LogP contribution is -2.21. The molecule has 2 rings (SSSR count). The highest BCUT2D eigenvalue weighted by Crippen LogP contribution is 2.51. The van der Waals surface area contributed by atoms with E-state index < -0.39 is 0 Å². The molecule has 4 heteroatoms. The second-order valence-electron chi connectivity index (χ2n) is 5.43. The fourth-order valence-corrected chi connectivity index (χ4v) is 2.58. The Morgan fingerprint density at radius 1 is 1.50 bits per heavy atom. The monoisotopic (exact) mass is 282 g/mol. The molecule has 98 valence electrons. The summed E-state index contributed by atoms with van der Waals surface area (Å²) in [4.78, 5) is 0.379. The van der Waals surface area contributed by atoms with E-state index in [1.807, 2.05) is 18.2 Å². The molecule has 1 aromatic carbocycles. The van der Waals surface area contributed by atoms with Gasteiger partial charge in [-0.1, -0.05) is 37.7 Å². The smallest absolute Gasteiger partial charge is 0.104 e. The maximum atomic E-state index is 6.22. The van der Waals surface area contributed by atoms with Gasteiger partial charge < -0.3 is 11.1 Å². The van der Waals surface area contributed by atoms with Crippen LogP contribution in [0.1, 0.15) is 32.3 Å². The van der Waals surface area contributed by atoms with Gasteiger partial charge in [-0.2, -0.15) is 0 Å². The lowest BCUT2D eigenvalue weighted by molar-refractivity contribution is 0.380. The van der Waals surface area contributed by atoms with Crippen LogP contribution in [0.25, 0.3) is 0 Å². The van der Waals surface area contributed by atoms with Crippen LogP contribution in [0.4, 0.5) is 5.69 Å². The molecule has 3 N–H and O–H groups in total. The van der Waals surface area contributed by atoms with E-state index in [1.54, 1.807) is 0 Å². The van der Waals surface area contributed by atoms with Crippen molar-refractivity contribution in [2.45, 2.75) is 26.7 Å². The minimum atomic E-state index is 0.379. The Hall–Kier alpha value is -0.800. The highest BCUT2D eigenvalue weighted by atomic mass is 35.5. The molecule has 2 nitrogen and oxygen atoms in total. The van der Waals surface area contributed by atoms with Gasteiger partial charge >= 0.3 is 0 Å². The second kappa shape index (κ2) is 5.06. The molecule has 0 radical (unpaired) electrons. The highest BCUT2D eigenvalue weighted by molar-refractivity contribution is 7.80. The first-order chi connectivity index (χ1) is 8.44. The van der Waals surface area contributed by atoms with E-state index in [4.69, 9.17) is 29.6 Å². The molecule has 1 saturated carbocycles. The van der Waals surface area contributed by atoms with Crippen LogP contribution in [0.15, 0.2) is 18.2 Å². The van der Waals surface area contributed by atoms with E-state index in [9.17, 15) is 0 Å². The first-order valence-electron chi connectivity index (χ1n) is 6.28. The van der Waals surface area contributed by atoms with E-state index in [0.29, 0.717) is 21.3 Å². The Morgan fingerprint density at radius 3 is 2.61 bits per heavy atom. The van der Waals surface area contributed by atoms with Crippen molar-refractivity contribution in [1.29, 1.82) is 0 Å². The molecule has 0 aliphatic heterocycles. The van der Waals surface area contributed by atoms with E-state index >= 15 is 0 Å². The number of nitrogens with one attached hydrogen (secondary N) is 1. The van der Waals surface area contributed by atoms with Crippen LogP contribution >= 0.6 is 23.8 Å². The zero-order valence-electron chi connectivity index (χ0n) is 10.8. The second-order valence-corrected chi connectivity index (χ2v) is 6.28. The number of thiocarbonyl (C=S) groups is 1. The van der Waals surface area contributed by atoms with Crippen LogP contribution in [0.2, 0.25) is 5.02 Å². The zero-order valence-corrected chi connectivity index (χ0v) is 12.4. The summed E-state index contributed by atoms with van der Waals surface area (Å²) in [5.74, 6) is 0.708. The SMILES string of the molecule is CC(C)C1(CNc2ccc(C(N)=S)cc2Cl)CC1. The van der Waals surface area contributed by atoms with Crippen LogP contribution in [0.3, 0.4) is 0 Å². The van der Waals surface area contributed by atoms with Crippen molar-refractivity contribution in [1.82, 2.24) is 0 Å². The number of rotatable bonds is 5. The molecule has 0 heterocycles. The van der Waals surface area contributed by atoms with Crippen molar-refractivity contribution in [3.05, 3.63) is 28.8 Å². The van der Waals surface area contributed by atoms with E-state index in [1.165, 1.54) is 12.8 Å². The summed E-state index contributed by atoms with van der Waals surface area (Å²) < 4.78 is 0. The molecule has 0 saturated heterocycles. The quantitative estimate of drug-likeness (QED) is 0.806. The van der Waals surface area contributed by atoms with Crippen molar-refractivity contribution < 1.29 is 0 Å². The first-order valence-corrected chi connectivity index (χ1v) is 7.06. The fraction of sp³-hybridized carbons (Fsp3) is 0.500. The van der Waals surface area contributed by atoms with Crippen molar-refractivity contribution in [3.8, 4) is 0 Å². The van der Waals surface area contributed by atoms with Crippen LogP contribution < -0.4 is 11.1 Å². The maximum absolute atomic E-state index is 6.22. The van der Waals surface area contributed by atoms with Crippen LogP contribution in [0.5, 0.6) is 0 Å². The molecule has 0 amide bonds. The Labute approximate surface area is 119 Å². The molecule has 18 heavy (non-hydrogen) atoms. The number of benzene rings is 1. The highest BCUT2D eigenvalue weighted by Gasteiger charge is 2.44. The zero-order chi connectivity index (χ0) is 13.3.